The van der Waals surface area contributed by atoms with Crippen LogP contribution in [0.5, 0.6) is 0 Å². The first-order chi connectivity index (χ1) is 15.2. The lowest BCUT2D eigenvalue weighted by atomic mass is 10.0. The Labute approximate surface area is 179 Å². The molecular weight excluding hydrogens is 392 g/mol. The summed E-state index contributed by atoms with van der Waals surface area (Å²) in [6.45, 7) is 1.17. The molecule has 7 heteroatoms. The number of aldehydes is 1. The molecule has 0 radical (unpaired) electrons. The summed E-state index contributed by atoms with van der Waals surface area (Å²) < 4.78 is 2.09. The summed E-state index contributed by atoms with van der Waals surface area (Å²) in [5.41, 5.74) is 11.0. The first-order valence-corrected chi connectivity index (χ1v) is 10.1. The summed E-state index contributed by atoms with van der Waals surface area (Å²) in [6, 6.07) is 15.6. The molecule has 0 saturated heterocycles. The molecule has 0 aliphatic rings. The molecule has 0 bridgehead atoms. The van der Waals surface area contributed by atoms with Crippen molar-refractivity contribution in [2.24, 2.45) is 5.73 Å². The van der Waals surface area contributed by atoms with Crippen LogP contribution in [0.15, 0.2) is 60.9 Å². The molecule has 5 N–H and O–H groups in total. The minimum absolute atomic E-state index is 0.105. The number of nitrogens with zero attached hydrogens (tertiary/aromatic N) is 1. The highest BCUT2D eigenvalue weighted by Gasteiger charge is 2.21. The minimum Gasteiger partial charge on any atom is -0.396 e. The molecule has 4 aromatic rings. The molecule has 31 heavy (non-hydrogen) atoms. The normalized spacial score (nSPS) is 11.0. The van der Waals surface area contributed by atoms with Crippen molar-refractivity contribution in [3.05, 3.63) is 72.2 Å². The molecule has 2 aromatic carbocycles. The number of hydrogen-bond acceptors (Lipinski definition) is 5. The topological polar surface area (TPSA) is 113 Å². The van der Waals surface area contributed by atoms with Crippen molar-refractivity contribution in [1.82, 2.24) is 9.55 Å². The van der Waals surface area contributed by atoms with Crippen LogP contribution >= 0.6 is 0 Å². The van der Waals surface area contributed by atoms with Crippen LogP contribution in [0.3, 0.4) is 0 Å². The van der Waals surface area contributed by atoms with E-state index in [4.69, 9.17) is 5.73 Å². The average molecular weight is 416 g/mol. The van der Waals surface area contributed by atoms with Gasteiger partial charge in [0.2, 0.25) is 5.78 Å². The maximum Gasteiger partial charge on any atom is 0.243 e. The van der Waals surface area contributed by atoms with E-state index in [0.29, 0.717) is 31.5 Å². The summed E-state index contributed by atoms with van der Waals surface area (Å²) in [5.74, 6) is -0.632. The van der Waals surface area contributed by atoms with E-state index in [2.05, 4.69) is 14.9 Å². The summed E-state index contributed by atoms with van der Waals surface area (Å²) >= 11 is 0. The second-order valence-electron chi connectivity index (χ2n) is 7.29. The van der Waals surface area contributed by atoms with Crippen LogP contribution in [-0.2, 0) is 17.9 Å². The summed E-state index contributed by atoms with van der Waals surface area (Å²) in [5, 5.41) is 13.6. The number of Topliss-reactive ketones (excluding diaryl/α,β-unsaturated/α-hetero) is 1. The van der Waals surface area contributed by atoms with Crippen molar-refractivity contribution < 1.29 is 14.7 Å². The number of H-pyrrole nitrogens is 1. The summed E-state index contributed by atoms with van der Waals surface area (Å²) in [4.78, 5) is 26.5. The summed E-state index contributed by atoms with van der Waals surface area (Å²) in [6.07, 6.45) is 4.70. The van der Waals surface area contributed by atoms with Crippen LogP contribution in [0.4, 0.5) is 11.4 Å². The maximum absolute atomic E-state index is 12.3. The van der Waals surface area contributed by atoms with Crippen LogP contribution in [0.2, 0.25) is 0 Å². The molecule has 0 unspecified atom stereocenters. The fourth-order valence-corrected chi connectivity index (χ4v) is 3.83. The van der Waals surface area contributed by atoms with Crippen LogP contribution in [0.25, 0.3) is 22.0 Å². The van der Waals surface area contributed by atoms with Gasteiger partial charge in [0.05, 0.1) is 5.69 Å². The van der Waals surface area contributed by atoms with E-state index >= 15 is 0 Å². The first-order valence-electron chi connectivity index (χ1n) is 10.1. The van der Waals surface area contributed by atoms with Crippen LogP contribution in [-0.4, -0.2) is 33.3 Å². The van der Waals surface area contributed by atoms with Gasteiger partial charge in [-0.3, -0.25) is 9.59 Å². The van der Waals surface area contributed by atoms with Gasteiger partial charge in [-0.1, -0.05) is 30.3 Å². The number of anilines is 2. The Bertz CT molecular complexity index is 1240. The van der Waals surface area contributed by atoms with E-state index in [-0.39, 0.29) is 12.3 Å². The predicted octanol–water partition coefficient (Wildman–Crippen LogP) is 3.60. The Balaban J connectivity index is 1.86. The van der Waals surface area contributed by atoms with Gasteiger partial charge in [-0.25, -0.2) is 0 Å². The second-order valence-corrected chi connectivity index (χ2v) is 7.29. The molecule has 0 atom stereocenters. The second kappa shape index (κ2) is 8.99. The SMILES string of the molecule is NCc1cccc(Nc2c(-c3cn(CCCO)c4ccccc34)c[nH]c2C(=O)C=O)c1. The molecule has 0 aliphatic heterocycles. The van der Waals surface area contributed by atoms with Gasteiger partial charge < -0.3 is 25.7 Å². The zero-order chi connectivity index (χ0) is 21.8. The van der Waals surface area contributed by atoms with Gasteiger partial charge in [-0.2, -0.15) is 0 Å². The lowest BCUT2D eigenvalue weighted by Crippen LogP contribution is -2.05. The molecule has 0 aliphatic carbocycles. The van der Waals surface area contributed by atoms with Crippen molar-refractivity contribution in [1.29, 1.82) is 0 Å². The lowest BCUT2D eigenvalue weighted by Gasteiger charge is -2.10. The molecule has 4 rings (SSSR count). The van der Waals surface area contributed by atoms with Crippen LogP contribution in [0.1, 0.15) is 22.5 Å². The fourth-order valence-electron chi connectivity index (χ4n) is 3.83. The van der Waals surface area contributed by atoms with E-state index in [1.807, 2.05) is 54.7 Å². The number of carbonyl (C=O) groups is 2. The Kier molecular flexibility index (Phi) is 5.97. The highest BCUT2D eigenvalue weighted by atomic mass is 16.3. The third kappa shape index (κ3) is 4.01. The van der Waals surface area contributed by atoms with Crippen molar-refractivity contribution >= 4 is 34.3 Å². The van der Waals surface area contributed by atoms with E-state index in [1.54, 1.807) is 6.20 Å². The molecule has 0 fully saturated rings. The number of aromatic amines is 1. The number of aryl methyl sites for hydroxylation is 1. The van der Waals surface area contributed by atoms with E-state index in [0.717, 1.165) is 33.3 Å². The Morgan fingerprint density at radius 2 is 2.00 bits per heavy atom. The number of aliphatic hydroxyl groups is 1. The number of fused-ring (bicyclic) bond motifs is 1. The van der Waals surface area contributed by atoms with Crippen molar-refractivity contribution in [3.8, 4) is 11.1 Å². The smallest absolute Gasteiger partial charge is 0.243 e. The van der Waals surface area contributed by atoms with Crippen molar-refractivity contribution in [3.63, 3.8) is 0 Å². The van der Waals surface area contributed by atoms with E-state index in [9.17, 15) is 14.7 Å². The number of para-hydroxylation sites is 1. The average Bonchev–Trinajstić information content (AvgIpc) is 3.38. The standard InChI is InChI=1S/C24H24N4O3/c25-12-16-5-3-6-17(11-16)27-23-19(13-26-24(23)22(31)15-30)20-14-28(9-4-10-29)21-8-2-1-7-18(20)21/h1-3,5-8,11,13-15,26-27,29H,4,9-10,12,25H2. The molecule has 0 amide bonds. The molecule has 158 valence electrons. The van der Waals surface area contributed by atoms with Crippen molar-refractivity contribution in [2.45, 2.75) is 19.5 Å². The molecule has 0 saturated carbocycles. The third-order valence-corrected chi connectivity index (χ3v) is 5.30. The monoisotopic (exact) mass is 416 g/mol. The van der Waals surface area contributed by atoms with Crippen molar-refractivity contribution in [2.75, 3.05) is 11.9 Å². The highest BCUT2D eigenvalue weighted by Crippen LogP contribution is 2.38. The number of aromatic nitrogens is 2. The number of carbonyl (C=O) groups excluding carboxylic acids is 2. The first kappa shape index (κ1) is 20.6. The zero-order valence-electron chi connectivity index (χ0n) is 17.0. The Morgan fingerprint density at radius 1 is 1.16 bits per heavy atom. The third-order valence-electron chi connectivity index (χ3n) is 5.30. The van der Waals surface area contributed by atoms with Gasteiger partial charge in [0, 0.05) is 59.8 Å². The fraction of sp³-hybridized carbons (Fsp3) is 0.167. The van der Waals surface area contributed by atoms with Crippen LogP contribution in [0, 0.1) is 0 Å². The number of hydrogen-bond donors (Lipinski definition) is 4. The molecular formula is C24H24N4O3. The molecule has 2 heterocycles. The van der Waals surface area contributed by atoms with Crippen LogP contribution < -0.4 is 11.1 Å². The van der Waals surface area contributed by atoms with E-state index in [1.165, 1.54) is 0 Å². The number of rotatable bonds is 9. The summed E-state index contributed by atoms with van der Waals surface area (Å²) in [7, 11) is 0. The number of aliphatic hydroxyl groups excluding tert-OH is 1. The van der Waals surface area contributed by atoms with E-state index < -0.39 is 5.78 Å². The number of nitrogens with two attached hydrogens (primary N) is 1. The zero-order valence-corrected chi connectivity index (χ0v) is 17.0. The molecule has 0 spiro atoms. The van der Waals surface area contributed by atoms with Gasteiger partial charge >= 0.3 is 0 Å². The number of benzene rings is 2. The predicted molar refractivity (Wildman–Crippen MR) is 121 cm³/mol. The molecule has 2 aromatic heterocycles. The van der Waals surface area contributed by atoms with Gasteiger partial charge in [0.25, 0.3) is 0 Å². The highest BCUT2D eigenvalue weighted by molar-refractivity contribution is 6.35. The van der Waals surface area contributed by atoms with Gasteiger partial charge in [-0.15, -0.1) is 0 Å². The van der Waals surface area contributed by atoms with Gasteiger partial charge in [0.15, 0.2) is 6.29 Å². The number of ketones is 1. The Hall–Kier alpha value is -3.68. The largest absolute Gasteiger partial charge is 0.396 e. The molecule has 7 nitrogen and oxygen atoms in total. The lowest BCUT2D eigenvalue weighted by molar-refractivity contribution is -0.104. The Morgan fingerprint density at radius 3 is 2.77 bits per heavy atom. The van der Waals surface area contributed by atoms with Gasteiger partial charge in [0.1, 0.15) is 5.69 Å². The minimum atomic E-state index is -0.632. The van der Waals surface area contributed by atoms with Gasteiger partial charge in [-0.05, 0) is 30.2 Å². The maximum atomic E-state index is 12.3. The quantitative estimate of drug-likeness (QED) is 0.189. The number of nitrogens with one attached hydrogen (secondary N) is 2.